The lowest BCUT2D eigenvalue weighted by atomic mass is 10.2. The number of esters is 1. The van der Waals surface area contributed by atoms with Gasteiger partial charge >= 0.3 is 5.97 Å². The number of carbonyl (C=O) groups is 1. The summed E-state index contributed by atoms with van der Waals surface area (Å²) >= 11 is 0. The number of epoxide rings is 1. The molecular weight excluding hydrogens is 182 g/mol. The van der Waals surface area contributed by atoms with Gasteiger partial charge in [-0.25, -0.2) is 4.79 Å². The average molecular weight is 195 g/mol. The summed E-state index contributed by atoms with van der Waals surface area (Å²) in [6.07, 6.45) is 3.17. The molecule has 0 aromatic carbocycles. The number of rotatable bonds is 3. The topological polar surface area (TPSA) is 43.8 Å². The highest BCUT2D eigenvalue weighted by molar-refractivity contribution is 5.87. The van der Waals surface area contributed by atoms with Crippen LogP contribution in [0, 0.1) is 0 Å². The Bertz CT molecular complexity index is 352. The summed E-state index contributed by atoms with van der Waals surface area (Å²) in [5.41, 5.74) is 1.71. The molecule has 2 rings (SSSR count). The zero-order chi connectivity index (χ0) is 10.1. The Hall–Kier alpha value is -1.29. The normalized spacial score (nSPS) is 19.4. The molecule has 2 heterocycles. The lowest BCUT2D eigenvalue weighted by Crippen LogP contribution is -2.06. The summed E-state index contributed by atoms with van der Waals surface area (Å²) in [4.78, 5) is 11.3. The summed E-state index contributed by atoms with van der Waals surface area (Å²) in [5, 5.41) is 0. The lowest BCUT2D eigenvalue weighted by molar-refractivity contribution is 0.0590. The van der Waals surface area contributed by atoms with Crippen LogP contribution in [0.15, 0.2) is 12.3 Å². The standard InChI is InChI=1S/C10H13NO3/c1-11-5-7(3-8-6-14-8)4-9(11)10(12)13-2/h4-5,8H,3,6H2,1-2H3. The summed E-state index contributed by atoms with van der Waals surface area (Å²) in [7, 11) is 3.22. The van der Waals surface area contributed by atoms with E-state index in [1.54, 1.807) is 4.57 Å². The maximum absolute atomic E-state index is 11.3. The number of hydrogen-bond donors (Lipinski definition) is 0. The van der Waals surface area contributed by atoms with Gasteiger partial charge in [0.15, 0.2) is 0 Å². The highest BCUT2D eigenvalue weighted by Gasteiger charge is 2.24. The first-order chi connectivity index (χ1) is 6.70. The van der Waals surface area contributed by atoms with Crippen molar-refractivity contribution >= 4 is 5.97 Å². The van der Waals surface area contributed by atoms with E-state index in [-0.39, 0.29) is 5.97 Å². The Kier molecular flexibility index (Phi) is 2.29. The van der Waals surface area contributed by atoms with Crippen LogP contribution in [0.1, 0.15) is 16.1 Å². The smallest absolute Gasteiger partial charge is 0.354 e. The molecule has 0 bridgehead atoms. The quantitative estimate of drug-likeness (QED) is 0.528. The van der Waals surface area contributed by atoms with Crippen molar-refractivity contribution in [3.05, 3.63) is 23.5 Å². The van der Waals surface area contributed by atoms with E-state index in [0.29, 0.717) is 11.8 Å². The number of carbonyl (C=O) groups excluding carboxylic acids is 1. The second-order valence-corrected chi connectivity index (χ2v) is 3.50. The van der Waals surface area contributed by atoms with E-state index in [9.17, 15) is 4.79 Å². The van der Waals surface area contributed by atoms with E-state index >= 15 is 0 Å². The van der Waals surface area contributed by atoms with E-state index in [1.165, 1.54) is 7.11 Å². The van der Waals surface area contributed by atoms with E-state index in [4.69, 9.17) is 4.74 Å². The monoisotopic (exact) mass is 195 g/mol. The zero-order valence-electron chi connectivity index (χ0n) is 8.32. The summed E-state index contributed by atoms with van der Waals surface area (Å²) in [5.74, 6) is -0.296. The van der Waals surface area contributed by atoms with Crippen LogP contribution in [-0.4, -0.2) is 30.4 Å². The van der Waals surface area contributed by atoms with Gasteiger partial charge in [0.25, 0.3) is 0 Å². The highest BCUT2D eigenvalue weighted by atomic mass is 16.6. The van der Waals surface area contributed by atoms with Gasteiger partial charge in [0, 0.05) is 19.7 Å². The van der Waals surface area contributed by atoms with Crippen molar-refractivity contribution in [1.82, 2.24) is 4.57 Å². The molecule has 0 saturated carbocycles. The minimum atomic E-state index is -0.296. The maximum Gasteiger partial charge on any atom is 0.354 e. The second-order valence-electron chi connectivity index (χ2n) is 3.50. The molecule has 0 aliphatic carbocycles. The Balaban J connectivity index is 2.15. The predicted molar refractivity (Wildman–Crippen MR) is 50.2 cm³/mol. The summed E-state index contributed by atoms with van der Waals surface area (Å²) in [6, 6.07) is 1.85. The number of nitrogens with zero attached hydrogens (tertiary/aromatic N) is 1. The van der Waals surface area contributed by atoms with Crippen LogP contribution < -0.4 is 0 Å². The lowest BCUT2D eigenvalue weighted by Gasteiger charge is -1.98. The molecule has 0 spiro atoms. The maximum atomic E-state index is 11.3. The molecule has 1 aromatic rings. The first-order valence-electron chi connectivity index (χ1n) is 4.56. The fourth-order valence-electron chi connectivity index (χ4n) is 1.50. The van der Waals surface area contributed by atoms with Crippen LogP contribution in [0.25, 0.3) is 0 Å². The number of aryl methyl sites for hydroxylation is 1. The van der Waals surface area contributed by atoms with Crippen LogP contribution in [0.2, 0.25) is 0 Å². The molecule has 1 atom stereocenters. The molecular formula is C10H13NO3. The number of methoxy groups -OCH3 is 1. The molecule has 1 unspecified atom stereocenters. The number of aromatic nitrogens is 1. The van der Waals surface area contributed by atoms with Crippen LogP contribution in [-0.2, 0) is 22.9 Å². The SMILES string of the molecule is COC(=O)c1cc(CC2CO2)cn1C. The molecule has 0 amide bonds. The van der Waals surface area contributed by atoms with Crippen LogP contribution in [0.3, 0.4) is 0 Å². The molecule has 4 heteroatoms. The Labute approximate surface area is 82.4 Å². The van der Waals surface area contributed by atoms with E-state index < -0.39 is 0 Å². The van der Waals surface area contributed by atoms with Crippen molar-refractivity contribution in [2.75, 3.05) is 13.7 Å². The molecule has 1 aromatic heterocycles. The van der Waals surface area contributed by atoms with E-state index in [1.807, 2.05) is 19.3 Å². The van der Waals surface area contributed by atoms with Crippen molar-refractivity contribution in [3.8, 4) is 0 Å². The van der Waals surface area contributed by atoms with Gasteiger partial charge in [-0.2, -0.15) is 0 Å². The zero-order valence-corrected chi connectivity index (χ0v) is 8.32. The van der Waals surface area contributed by atoms with Crippen molar-refractivity contribution in [1.29, 1.82) is 0 Å². The van der Waals surface area contributed by atoms with Crippen molar-refractivity contribution < 1.29 is 14.3 Å². The summed E-state index contributed by atoms with van der Waals surface area (Å²) < 4.78 is 11.6. The first-order valence-corrected chi connectivity index (χ1v) is 4.56. The van der Waals surface area contributed by atoms with Crippen LogP contribution in [0.5, 0.6) is 0 Å². The molecule has 14 heavy (non-hydrogen) atoms. The summed E-state index contributed by atoms with van der Waals surface area (Å²) in [6.45, 7) is 0.836. The van der Waals surface area contributed by atoms with Gasteiger partial charge in [-0.3, -0.25) is 0 Å². The molecule has 1 saturated heterocycles. The van der Waals surface area contributed by atoms with Gasteiger partial charge in [-0.15, -0.1) is 0 Å². The fourth-order valence-corrected chi connectivity index (χ4v) is 1.50. The van der Waals surface area contributed by atoms with E-state index in [0.717, 1.165) is 18.6 Å². The molecule has 0 radical (unpaired) electrons. The van der Waals surface area contributed by atoms with Gasteiger partial charge in [0.1, 0.15) is 5.69 Å². The van der Waals surface area contributed by atoms with Crippen molar-refractivity contribution in [3.63, 3.8) is 0 Å². The van der Waals surface area contributed by atoms with Gasteiger partial charge < -0.3 is 14.0 Å². The van der Waals surface area contributed by atoms with Crippen LogP contribution >= 0.6 is 0 Å². The second kappa shape index (κ2) is 3.46. The predicted octanol–water partition coefficient (Wildman–Crippen LogP) is 0.753. The molecule has 1 aliphatic heterocycles. The molecule has 1 fully saturated rings. The Morgan fingerprint density at radius 2 is 2.50 bits per heavy atom. The highest BCUT2D eigenvalue weighted by Crippen LogP contribution is 2.18. The van der Waals surface area contributed by atoms with Crippen LogP contribution in [0.4, 0.5) is 0 Å². The average Bonchev–Trinajstić information content (AvgIpc) is 2.89. The van der Waals surface area contributed by atoms with Gasteiger partial charge in [0.2, 0.25) is 0 Å². The largest absolute Gasteiger partial charge is 0.464 e. The first kappa shape index (κ1) is 9.27. The minimum absolute atomic E-state index is 0.296. The fraction of sp³-hybridized carbons (Fsp3) is 0.500. The minimum Gasteiger partial charge on any atom is -0.464 e. The molecule has 1 aliphatic rings. The molecule has 4 nitrogen and oxygen atoms in total. The third-order valence-corrected chi connectivity index (χ3v) is 2.32. The number of hydrogen-bond acceptors (Lipinski definition) is 3. The molecule has 76 valence electrons. The third-order valence-electron chi connectivity index (χ3n) is 2.32. The van der Waals surface area contributed by atoms with Crippen molar-refractivity contribution in [2.45, 2.75) is 12.5 Å². The Morgan fingerprint density at radius 3 is 3.07 bits per heavy atom. The van der Waals surface area contributed by atoms with E-state index in [2.05, 4.69) is 4.74 Å². The molecule has 0 N–H and O–H groups in total. The van der Waals surface area contributed by atoms with Gasteiger partial charge in [-0.05, 0) is 11.6 Å². The number of ether oxygens (including phenoxy) is 2. The van der Waals surface area contributed by atoms with Crippen molar-refractivity contribution in [2.24, 2.45) is 7.05 Å². The third kappa shape index (κ3) is 1.80. The van der Waals surface area contributed by atoms with Gasteiger partial charge in [-0.1, -0.05) is 0 Å². The van der Waals surface area contributed by atoms with Gasteiger partial charge in [0.05, 0.1) is 19.8 Å². The Morgan fingerprint density at radius 1 is 1.79 bits per heavy atom.